The molecule has 1 nitrogen and oxygen atoms in total. The van der Waals surface area contributed by atoms with Gasteiger partial charge in [-0.2, -0.15) is 0 Å². The summed E-state index contributed by atoms with van der Waals surface area (Å²) in [4.78, 5) is 0. The van der Waals surface area contributed by atoms with Gasteiger partial charge in [-0.15, -0.1) is 0 Å². The van der Waals surface area contributed by atoms with Crippen LogP contribution in [0.2, 0.25) is 0 Å². The van der Waals surface area contributed by atoms with Crippen LogP contribution in [0.4, 0.5) is 0 Å². The van der Waals surface area contributed by atoms with Crippen molar-refractivity contribution in [3.05, 3.63) is 34.9 Å². The first-order valence-corrected chi connectivity index (χ1v) is 4.89. The van der Waals surface area contributed by atoms with Crippen LogP contribution in [0.3, 0.4) is 0 Å². The standard InChI is InChI=1S/C12H19N/c1-9-4-10(2)6-12(5-9)7-11(3)8-13/h4-6,11H,7-8,13H2,1-3H3. The predicted molar refractivity (Wildman–Crippen MR) is 57.8 cm³/mol. The number of benzene rings is 1. The minimum absolute atomic E-state index is 0.584. The van der Waals surface area contributed by atoms with E-state index in [2.05, 4.69) is 39.0 Å². The summed E-state index contributed by atoms with van der Waals surface area (Å²) >= 11 is 0. The fourth-order valence-electron chi connectivity index (χ4n) is 1.67. The molecule has 0 heterocycles. The van der Waals surface area contributed by atoms with E-state index in [4.69, 9.17) is 5.73 Å². The van der Waals surface area contributed by atoms with Gasteiger partial charge in [-0.25, -0.2) is 0 Å². The number of aryl methyl sites for hydroxylation is 2. The quantitative estimate of drug-likeness (QED) is 0.754. The molecule has 0 spiro atoms. The Bertz CT molecular complexity index is 258. The lowest BCUT2D eigenvalue weighted by molar-refractivity contribution is 0.592. The van der Waals surface area contributed by atoms with Crippen LogP contribution in [-0.4, -0.2) is 6.54 Å². The summed E-state index contributed by atoms with van der Waals surface area (Å²) in [5.41, 5.74) is 9.70. The molecule has 0 amide bonds. The molecule has 1 aromatic rings. The van der Waals surface area contributed by atoms with Crippen LogP contribution < -0.4 is 5.73 Å². The summed E-state index contributed by atoms with van der Waals surface area (Å²) in [5, 5.41) is 0. The van der Waals surface area contributed by atoms with Gasteiger partial charge in [0.05, 0.1) is 0 Å². The molecular weight excluding hydrogens is 158 g/mol. The van der Waals surface area contributed by atoms with Crippen molar-refractivity contribution >= 4 is 0 Å². The summed E-state index contributed by atoms with van der Waals surface area (Å²) in [7, 11) is 0. The summed E-state index contributed by atoms with van der Waals surface area (Å²) in [6, 6.07) is 6.70. The molecule has 1 aromatic carbocycles. The van der Waals surface area contributed by atoms with Crippen molar-refractivity contribution in [2.75, 3.05) is 6.54 Å². The lowest BCUT2D eigenvalue weighted by Gasteiger charge is -2.09. The second-order valence-electron chi connectivity index (χ2n) is 4.04. The number of rotatable bonds is 3. The lowest BCUT2D eigenvalue weighted by atomic mass is 9.98. The highest BCUT2D eigenvalue weighted by atomic mass is 14.5. The van der Waals surface area contributed by atoms with Crippen LogP contribution in [0.15, 0.2) is 18.2 Å². The number of hydrogen-bond acceptors (Lipinski definition) is 1. The lowest BCUT2D eigenvalue weighted by Crippen LogP contribution is -2.13. The maximum atomic E-state index is 5.60. The van der Waals surface area contributed by atoms with Gasteiger partial charge in [-0.05, 0) is 38.3 Å². The highest BCUT2D eigenvalue weighted by molar-refractivity contribution is 5.28. The highest BCUT2D eigenvalue weighted by Gasteiger charge is 2.01. The van der Waals surface area contributed by atoms with Gasteiger partial charge in [0, 0.05) is 0 Å². The Kier molecular flexibility index (Phi) is 3.49. The van der Waals surface area contributed by atoms with Crippen molar-refractivity contribution < 1.29 is 0 Å². The maximum absolute atomic E-state index is 5.60. The van der Waals surface area contributed by atoms with Crippen molar-refractivity contribution in [1.29, 1.82) is 0 Å². The van der Waals surface area contributed by atoms with E-state index >= 15 is 0 Å². The number of hydrogen-bond donors (Lipinski definition) is 1. The van der Waals surface area contributed by atoms with E-state index in [1.54, 1.807) is 0 Å². The van der Waals surface area contributed by atoms with Gasteiger partial charge in [-0.3, -0.25) is 0 Å². The normalized spacial score (nSPS) is 12.9. The van der Waals surface area contributed by atoms with E-state index in [0.717, 1.165) is 13.0 Å². The average molecular weight is 177 g/mol. The molecule has 0 fully saturated rings. The Morgan fingerprint density at radius 3 is 2.15 bits per heavy atom. The molecule has 0 radical (unpaired) electrons. The smallest absolute Gasteiger partial charge is 0.00483 e. The first-order chi connectivity index (χ1) is 6.11. The van der Waals surface area contributed by atoms with E-state index in [0.29, 0.717) is 5.92 Å². The summed E-state index contributed by atoms with van der Waals surface area (Å²) in [6.45, 7) is 7.25. The van der Waals surface area contributed by atoms with E-state index in [9.17, 15) is 0 Å². The third-order valence-electron chi connectivity index (χ3n) is 2.27. The van der Waals surface area contributed by atoms with Gasteiger partial charge in [0.25, 0.3) is 0 Å². The van der Waals surface area contributed by atoms with Crippen molar-refractivity contribution in [1.82, 2.24) is 0 Å². The molecule has 1 unspecified atom stereocenters. The van der Waals surface area contributed by atoms with Crippen molar-refractivity contribution in [2.24, 2.45) is 11.7 Å². The van der Waals surface area contributed by atoms with E-state index in [1.165, 1.54) is 16.7 Å². The fourth-order valence-corrected chi connectivity index (χ4v) is 1.67. The van der Waals surface area contributed by atoms with Crippen molar-refractivity contribution in [3.8, 4) is 0 Å². The predicted octanol–water partition coefficient (Wildman–Crippen LogP) is 2.44. The van der Waals surface area contributed by atoms with Crippen molar-refractivity contribution in [2.45, 2.75) is 27.2 Å². The Morgan fingerprint density at radius 1 is 1.15 bits per heavy atom. The Balaban J connectivity index is 2.77. The second-order valence-corrected chi connectivity index (χ2v) is 4.04. The Hall–Kier alpha value is -0.820. The average Bonchev–Trinajstić information content (AvgIpc) is 2.02. The molecule has 1 rings (SSSR count). The monoisotopic (exact) mass is 177 g/mol. The zero-order valence-electron chi connectivity index (χ0n) is 8.80. The third kappa shape index (κ3) is 3.19. The molecule has 0 saturated carbocycles. The van der Waals surface area contributed by atoms with E-state index in [1.807, 2.05) is 0 Å². The summed E-state index contributed by atoms with van der Waals surface area (Å²) in [6.07, 6.45) is 1.10. The van der Waals surface area contributed by atoms with Crippen LogP contribution in [0.5, 0.6) is 0 Å². The zero-order valence-corrected chi connectivity index (χ0v) is 8.80. The molecule has 0 saturated heterocycles. The van der Waals surface area contributed by atoms with Crippen LogP contribution in [0, 0.1) is 19.8 Å². The van der Waals surface area contributed by atoms with E-state index in [-0.39, 0.29) is 0 Å². The molecule has 0 bridgehead atoms. The Morgan fingerprint density at radius 2 is 1.69 bits per heavy atom. The third-order valence-corrected chi connectivity index (χ3v) is 2.27. The molecule has 0 aliphatic heterocycles. The van der Waals surface area contributed by atoms with Crippen LogP contribution in [-0.2, 0) is 6.42 Å². The van der Waals surface area contributed by atoms with Gasteiger partial charge in [0.2, 0.25) is 0 Å². The topological polar surface area (TPSA) is 26.0 Å². The minimum Gasteiger partial charge on any atom is -0.330 e. The molecular formula is C12H19N. The minimum atomic E-state index is 0.584. The van der Waals surface area contributed by atoms with E-state index < -0.39 is 0 Å². The molecule has 0 aliphatic carbocycles. The SMILES string of the molecule is Cc1cc(C)cc(CC(C)CN)c1. The number of nitrogens with two attached hydrogens (primary N) is 1. The molecule has 1 heteroatoms. The summed E-state index contributed by atoms with van der Waals surface area (Å²) in [5.74, 6) is 0.584. The maximum Gasteiger partial charge on any atom is -0.00483 e. The van der Waals surface area contributed by atoms with Crippen LogP contribution in [0.25, 0.3) is 0 Å². The Labute approximate surface area is 81.0 Å². The van der Waals surface area contributed by atoms with Gasteiger partial charge >= 0.3 is 0 Å². The molecule has 1 atom stereocenters. The van der Waals surface area contributed by atoms with Crippen LogP contribution in [0.1, 0.15) is 23.6 Å². The largest absolute Gasteiger partial charge is 0.330 e. The van der Waals surface area contributed by atoms with Crippen LogP contribution >= 0.6 is 0 Å². The summed E-state index contributed by atoms with van der Waals surface area (Å²) < 4.78 is 0. The molecule has 0 aromatic heterocycles. The highest BCUT2D eigenvalue weighted by Crippen LogP contribution is 2.12. The first kappa shape index (κ1) is 10.3. The van der Waals surface area contributed by atoms with Gasteiger partial charge in [-0.1, -0.05) is 36.2 Å². The molecule has 2 N–H and O–H groups in total. The second kappa shape index (κ2) is 4.43. The van der Waals surface area contributed by atoms with Gasteiger partial charge in [0.15, 0.2) is 0 Å². The van der Waals surface area contributed by atoms with Crippen molar-refractivity contribution in [3.63, 3.8) is 0 Å². The van der Waals surface area contributed by atoms with Gasteiger partial charge < -0.3 is 5.73 Å². The zero-order chi connectivity index (χ0) is 9.84. The fraction of sp³-hybridized carbons (Fsp3) is 0.500. The molecule has 0 aliphatic rings. The van der Waals surface area contributed by atoms with Gasteiger partial charge in [0.1, 0.15) is 0 Å². The molecule has 72 valence electrons. The molecule has 13 heavy (non-hydrogen) atoms. The first-order valence-electron chi connectivity index (χ1n) is 4.89.